The summed E-state index contributed by atoms with van der Waals surface area (Å²) in [6, 6.07) is 4.15. The van der Waals surface area contributed by atoms with E-state index in [4.69, 9.17) is 11.6 Å². The van der Waals surface area contributed by atoms with Crippen LogP contribution in [0, 0.1) is 0 Å². The Morgan fingerprint density at radius 1 is 1.41 bits per heavy atom. The predicted molar refractivity (Wildman–Crippen MR) is 69.6 cm³/mol. The highest BCUT2D eigenvalue weighted by Gasteiger charge is 2.25. The van der Waals surface area contributed by atoms with Crippen LogP contribution in [0.25, 0.3) is 10.4 Å². The first kappa shape index (κ1) is 10.9. The van der Waals surface area contributed by atoms with Crippen molar-refractivity contribution in [2.45, 2.75) is 18.9 Å². The van der Waals surface area contributed by atoms with E-state index >= 15 is 0 Å². The van der Waals surface area contributed by atoms with Gasteiger partial charge in [-0.15, -0.1) is 11.3 Å². The van der Waals surface area contributed by atoms with Crippen molar-refractivity contribution in [3.63, 3.8) is 0 Å². The SMILES string of the molecule is O=C(NC1CC1)c1c[nH]cc1-c1ccc(Cl)s1. The van der Waals surface area contributed by atoms with Gasteiger partial charge in [-0.25, -0.2) is 0 Å². The zero-order valence-corrected chi connectivity index (χ0v) is 10.6. The molecule has 0 atom stereocenters. The summed E-state index contributed by atoms with van der Waals surface area (Å²) in [7, 11) is 0. The van der Waals surface area contributed by atoms with Crippen molar-refractivity contribution < 1.29 is 4.79 Å². The Balaban J connectivity index is 1.90. The highest BCUT2D eigenvalue weighted by atomic mass is 35.5. The Kier molecular flexibility index (Phi) is 2.68. The highest BCUT2D eigenvalue weighted by Crippen LogP contribution is 2.33. The summed E-state index contributed by atoms with van der Waals surface area (Å²) in [6.07, 6.45) is 5.76. The molecule has 2 aromatic heterocycles. The second-order valence-corrected chi connectivity index (χ2v) is 5.85. The fourth-order valence-corrected chi connectivity index (χ4v) is 2.78. The molecule has 17 heavy (non-hydrogen) atoms. The van der Waals surface area contributed by atoms with Crippen LogP contribution in [0.4, 0.5) is 0 Å². The van der Waals surface area contributed by atoms with Crippen molar-refractivity contribution >= 4 is 28.8 Å². The summed E-state index contributed by atoms with van der Waals surface area (Å²) in [6.45, 7) is 0. The van der Waals surface area contributed by atoms with Gasteiger partial charge in [0.05, 0.1) is 9.90 Å². The van der Waals surface area contributed by atoms with Gasteiger partial charge in [0.1, 0.15) is 0 Å². The number of nitrogens with one attached hydrogen (secondary N) is 2. The summed E-state index contributed by atoms with van der Waals surface area (Å²) in [4.78, 5) is 16.0. The number of carbonyl (C=O) groups is 1. The maximum atomic E-state index is 12.0. The molecule has 1 aliphatic carbocycles. The highest BCUT2D eigenvalue weighted by molar-refractivity contribution is 7.19. The van der Waals surface area contributed by atoms with E-state index in [1.54, 1.807) is 6.20 Å². The van der Waals surface area contributed by atoms with E-state index in [9.17, 15) is 4.79 Å². The van der Waals surface area contributed by atoms with Crippen molar-refractivity contribution in [2.24, 2.45) is 0 Å². The van der Waals surface area contributed by atoms with Gasteiger partial charge in [-0.3, -0.25) is 4.79 Å². The topological polar surface area (TPSA) is 44.9 Å². The number of aromatic nitrogens is 1. The molecule has 3 rings (SSSR count). The average Bonchev–Trinajstić information content (AvgIpc) is 2.81. The van der Waals surface area contributed by atoms with Crippen LogP contribution in [0.3, 0.4) is 0 Å². The normalized spacial score (nSPS) is 14.9. The second-order valence-electron chi connectivity index (χ2n) is 4.13. The van der Waals surface area contributed by atoms with Gasteiger partial charge in [0.15, 0.2) is 0 Å². The quantitative estimate of drug-likeness (QED) is 0.880. The molecule has 5 heteroatoms. The summed E-state index contributed by atoms with van der Waals surface area (Å²) >= 11 is 7.39. The number of amides is 1. The van der Waals surface area contributed by atoms with Gasteiger partial charge in [-0.05, 0) is 25.0 Å². The molecule has 0 radical (unpaired) electrons. The molecule has 2 aromatic rings. The number of rotatable bonds is 3. The van der Waals surface area contributed by atoms with Crippen molar-refractivity contribution in [1.29, 1.82) is 0 Å². The lowest BCUT2D eigenvalue weighted by Crippen LogP contribution is -2.25. The molecular formula is C12H11ClN2OS. The molecule has 2 N–H and O–H groups in total. The minimum Gasteiger partial charge on any atom is -0.366 e. The van der Waals surface area contributed by atoms with E-state index in [1.165, 1.54) is 11.3 Å². The number of hydrogen-bond donors (Lipinski definition) is 2. The molecular weight excluding hydrogens is 256 g/mol. The smallest absolute Gasteiger partial charge is 0.253 e. The first-order chi connectivity index (χ1) is 8.24. The Morgan fingerprint density at radius 3 is 2.88 bits per heavy atom. The molecule has 1 saturated carbocycles. The number of thiophene rings is 1. The monoisotopic (exact) mass is 266 g/mol. The summed E-state index contributed by atoms with van der Waals surface area (Å²) in [5.74, 6) is -0.00623. The lowest BCUT2D eigenvalue weighted by atomic mass is 10.1. The first-order valence-corrected chi connectivity index (χ1v) is 6.67. The Labute approximate surface area is 108 Å². The first-order valence-electron chi connectivity index (χ1n) is 5.47. The van der Waals surface area contributed by atoms with E-state index in [2.05, 4.69) is 10.3 Å². The minimum absolute atomic E-state index is 0.00623. The standard InChI is InChI=1S/C12H11ClN2OS/c13-11-4-3-10(17-11)8-5-14-6-9(8)12(16)15-7-1-2-7/h3-7,14H,1-2H2,(H,15,16). The van der Waals surface area contributed by atoms with Crippen LogP contribution >= 0.6 is 22.9 Å². The van der Waals surface area contributed by atoms with Gasteiger partial charge >= 0.3 is 0 Å². The van der Waals surface area contributed by atoms with Gasteiger partial charge < -0.3 is 10.3 Å². The summed E-state index contributed by atoms with van der Waals surface area (Å²) < 4.78 is 0.731. The van der Waals surface area contributed by atoms with Crippen LogP contribution in [0.2, 0.25) is 4.34 Å². The Hall–Kier alpha value is -1.26. The number of halogens is 1. The van der Waals surface area contributed by atoms with Gasteiger partial charge in [0.25, 0.3) is 5.91 Å². The summed E-state index contributed by atoms with van der Waals surface area (Å²) in [5.41, 5.74) is 1.61. The van der Waals surface area contributed by atoms with Gasteiger partial charge in [0, 0.05) is 28.9 Å². The van der Waals surface area contributed by atoms with Crippen LogP contribution in [-0.2, 0) is 0 Å². The lowest BCUT2D eigenvalue weighted by Gasteiger charge is -2.03. The van der Waals surface area contributed by atoms with Gasteiger partial charge in [0.2, 0.25) is 0 Å². The van der Waals surface area contributed by atoms with Crippen molar-refractivity contribution in [3.05, 3.63) is 34.4 Å². The van der Waals surface area contributed by atoms with Crippen molar-refractivity contribution in [1.82, 2.24) is 10.3 Å². The van der Waals surface area contributed by atoms with E-state index in [1.807, 2.05) is 18.3 Å². The zero-order chi connectivity index (χ0) is 11.8. The van der Waals surface area contributed by atoms with Crippen molar-refractivity contribution in [3.8, 4) is 10.4 Å². The van der Waals surface area contributed by atoms with E-state index in [-0.39, 0.29) is 5.91 Å². The molecule has 0 bridgehead atoms. The molecule has 1 amide bonds. The molecule has 1 fully saturated rings. The Bertz CT molecular complexity index is 556. The molecule has 0 unspecified atom stereocenters. The van der Waals surface area contributed by atoms with E-state index in [0.717, 1.165) is 27.6 Å². The predicted octanol–water partition coefficient (Wildman–Crippen LogP) is 3.29. The van der Waals surface area contributed by atoms with Crippen LogP contribution in [0.1, 0.15) is 23.2 Å². The number of hydrogen-bond acceptors (Lipinski definition) is 2. The number of H-pyrrole nitrogens is 1. The lowest BCUT2D eigenvalue weighted by molar-refractivity contribution is 0.0952. The number of carbonyl (C=O) groups excluding carboxylic acids is 1. The Morgan fingerprint density at radius 2 is 2.24 bits per heavy atom. The fourth-order valence-electron chi connectivity index (χ4n) is 1.71. The molecule has 2 heterocycles. The third-order valence-electron chi connectivity index (χ3n) is 2.74. The third-order valence-corrected chi connectivity index (χ3v) is 4.01. The maximum absolute atomic E-state index is 12.0. The average molecular weight is 267 g/mol. The minimum atomic E-state index is -0.00623. The van der Waals surface area contributed by atoms with Crippen LogP contribution < -0.4 is 5.32 Å². The molecule has 3 nitrogen and oxygen atoms in total. The molecule has 0 aliphatic heterocycles. The molecule has 88 valence electrons. The van der Waals surface area contributed by atoms with Gasteiger partial charge in [-0.1, -0.05) is 11.6 Å². The largest absolute Gasteiger partial charge is 0.366 e. The summed E-state index contributed by atoms with van der Waals surface area (Å²) in [5, 5.41) is 2.99. The zero-order valence-electron chi connectivity index (χ0n) is 9.00. The van der Waals surface area contributed by atoms with Crippen LogP contribution in [0.5, 0.6) is 0 Å². The van der Waals surface area contributed by atoms with Crippen LogP contribution in [0.15, 0.2) is 24.5 Å². The van der Waals surface area contributed by atoms with E-state index in [0.29, 0.717) is 11.6 Å². The van der Waals surface area contributed by atoms with E-state index < -0.39 is 0 Å². The van der Waals surface area contributed by atoms with Crippen molar-refractivity contribution in [2.75, 3.05) is 0 Å². The fraction of sp³-hybridized carbons (Fsp3) is 0.250. The van der Waals surface area contributed by atoms with Crippen LogP contribution in [-0.4, -0.2) is 16.9 Å². The third kappa shape index (κ3) is 2.23. The second kappa shape index (κ2) is 4.20. The van der Waals surface area contributed by atoms with Gasteiger partial charge in [-0.2, -0.15) is 0 Å². The molecule has 0 spiro atoms. The number of aromatic amines is 1. The molecule has 1 aliphatic rings. The molecule has 0 saturated heterocycles. The maximum Gasteiger partial charge on any atom is 0.253 e. The molecule has 0 aromatic carbocycles.